The van der Waals surface area contributed by atoms with E-state index in [2.05, 4.69) is 15.5 Å². The number of methoxy groups -OCH3 is 1. The zero-order chi connectivity index (χ0) is 23.8. The van der Waals surface area contributed by atoms with Gasteiger partial charge in [-0.1, -0.05) is 17.3 Å². The highest BCUT2D eigenvalue weighted by Gasteiger charge is 2.28. The molecule has 1 aromatic carbocycles. The van der Waals surface area contributed by atoms with E-state index in [4.69, 9.17) is 14.0 Å². The lowest BCUT2D eigenvalue weighted by Crippen LogP contribution is -2.37. The number of benzene rings is 1. The van der Waals surface area contributed by atoms with E-state index >= 15 is 0 Å². The molecule has 4 heterocycles. The van der Waals surface area contributed by atoms with E-state index in [1.54, 1.807) is 31.1 Å². The Morgan fingerprint density at radius 1 is 1.15 bits per heavy atom. The molecule has 11 nitrogen and oxygen atoms in total. The van der Waals surface area contributed by atoms with Crippen molar-refractivity contribution in [3.05, 3.63) is 74.8 Å². The van der Waals surface area contributed by atoms with Crippen molar-refractivity contribution in [1.29, 1.82) is 0 Å². The fourth-order valence-corrected chi connectivity index (χ4v) is 4.11. The molecule has 0 saturated carbocycles. The van der Waals surface area contributed by atoms with Crippen LogP contribution in [0.1, 0.15) is 17.7 Å². The number of fused-ring (bicyclic) bond motifs is 1. The predicted molar refractivity (Wildman–Crippen MR) is 125 cm³/mol. The molecule has 0 radical (unpaired) electrons. The molecular weight excluding hydrogens is 440 g/mol. The lowest BCUT2D eigenvalue weighted by Gasteiger charge is -2.14. The molecule has 4 aromatic rings. The fraction of sp³-hybridized carbons (Fsp3) is 0.304. The van der Waals surface area contributed by atoms with Gasteiger partial charge in [0, 0.05) is 26.1 Å². The number of rotatable bonds is 7. The van der Waals surface area contributed by atoms with Crippen LogP contribution in [0.25, 0.3) is 11.2 Å². The van der Waals surface area contributed by atoms with Gasteiger partial charge in [0.15, 0.2) is 17.3 Å². The van der Waals surface area contributed by atoms with Crippen LogP contribution in [0.15, 0.2) is 61.8 Å². The third-order valence-electron chi connectivity index (χ3n) is 5.89. The first-order chi connectivity index (χ1) is 16.5. The standard InChI is InChI=1S/C23H24N6O5/c1-27-20-19(21(30)28(2)23(27)31)29(22(25-20)24-12-14-7-6-10-33-14)13-15-11-17(26-34-15)16-8-4-5-9-18(16)32-3/h4-10,15H,11-13H2,1-3H3,(H,24,25)/t15-/m0/s1. The van der Waals surface area contributed by atoms with Crippen molar-refractivity contribution < 1.29 is 14.0 Å². The van der Waals surface area contributed by atoms with Crippen LogP contribution in [0.3, 0.4) is 0 Å². The molecule has 11 heteroatoms. The van der Waals surface area contributed by atoms with Crippen LogP contribution >= 0.6 is 0 Å². The lowest BCUT2D eigenvalue weighted by molar-refractivity contribution is 0.0736. The van der Waals surface area contributed by atoms with Gasteiger partial charge in [0.25, 0.3) is 5.56 Å². The van der Waals surface area contributed by atoms with Crippen molar-refractivity contribution >= 4 is 22.8 Å². The SMILES string of the molecule is COc1ccccc1C1=NO[C@H](Cn2c(NCc3ccco3)nc3c2c(=O)n(C)c(=O)n3C)C1. The van der Waals surface area contributed by atoms with Crippen molar-refractivity contribution in [1.82, 2.24) is 18.7 Å². The molecule has 34 heavy (non-hydrogen) atoms. The molecule has 0 bridgehead atoms. The Kier molecular flexibility index (Phi) is 5.44. The van der Waals surface area contributed by atoms with Gasteiger partial charge in [-0.15, -0.1) is 0 Å². The van der Waals surface area contributed by atoms with Gasteiger partial charge >= 0.3 is 5.69 Å². The molecule has 176 valence electrons. The van der Waals surface area contributed by atoms with Gasteiger partial charge in [-0.2, -0.15) is 4.98 Å². The summed E-state index contributed by atoms with van der Waals surface area (Å²) in [6.45, 7) is 0.658. The van der Waals surface area contributed by atoms with Crippen molar-refractivity contribution in [2.24, 2.45) is 19.3 Å². The van der Waals surface area contributed by atoms with E-state index in [1.807, 2.05) is 30.3 Å². The van der Waals surface area contributed by atoms with Crippen LogP contribution in [0.4, 0.5) is 5.95 Å². The normalized spacial score (nSPS) is 15.4. The van der Waals surface area contributed by atoms with E-state index in [-0.39, 0.29) is 6.10 Å². The van der Waals surface area contributed by atoms with Gasteiger partial charge in [-0.05, 0) is 24.3 Å². The molecular formula is C23H24N6O5. The van der Waals surface area contributed by atoms with Gasteiger partial charge in [0.2, 0.25) is 5.95 Å². The molecule has 0 aliphatic carbocycles. The largest absolute Gasteiger partial charge is 0.496 e. The maximum absolute atomic E-state index is 13.1. The lowest BCUT2D eigenvalue weighted by atomic mass is 10.0. The zero-order valence-corrected chi connectivity index (χ0v) is 19.0. The molecule has 3 aromatic heterocycles. The summed E-state index contributed by atoms with van der Waals surface area (Å²) in [5.74, 6) is 1.85. The van der Waals surface area contributed by atoms with E-state index in [0.29, 0.717) is 48.1 Å². The average Bonchev–Trinajstić information content (AvgIpc) is 3.61. The molecule has 1 aliphatic rings. The summed E-state index contributed by atoms with van der Waals surface area (Å²) >= 11 is 0. The van der Waals surface area contributed by atoms with Gasteiger partial charge in [0.1, 0.15) is 11.5 Å². The van der Waals surface area contributed by atoms with Crippen molar-refractivity contribution in [2.45, 2.75) is 25.6 Å². The number of furan rings is 1. The maximum atomic E-state index is 13.1. The minimum atomic E-state index is -0.446. The van der Waals surface area contributed by atoms with Crippen molar-refractivity contribution in [2.75, 3.05) is 12.4 Å². The number of ether oxygens (including phenoxy) is 1. The first-order valence-electron chi connectivity index (χ1n) is 10.8. The summed E-state index contributed by atoms with van der Waals surface area (Å²) in [6, 6.07) is 11.2. The number of aromatic nitrogens is 4. The number of hydrogen-bond acceptors (Lipinski definition) is 8. The summed E-state index contributed by atoms with van der Waals surface area (Å²) in [4.78, 5) is 35.8. The van der Waals surface area contributed by atoms with E-state index < -0.39 is 11.2 Å². The van der Waals surface area contributed by atoms with Crippen molar-refractivity contribution in [3.8, 4) is 5.75 Å². The Morgan fingerprint density at radius 3 is 2.74 bits per heavy atom. The maximum Gasteiger partial charge on any atom is 0.332 e. The number of para-hydroxylation sites is 1. The minimum absolute atomic E-state index is 0.291. The Bertz CT molecular complexity index is 1490. The molecule has 1 atom stereocenters. The number of oxime groups is 1. The highest BCUT2D eigenvalue weighted by atomic mass is 16.6. The number of imidazole rings is 1. The second kappa shape index (κ2) is 8.58. The van der Waals surface area contributed by atoms with E-state index in [9.17, 15) is 9.59 Å². The predicted octanol–water partition coefficient (Wildman–Crippen LogP) is 1.84. The minimum Gasteiger partial charge on any atom is -0.496 e. The summed E-state index contributed by atoms with van der Waals surface area (Å²) in [7, 11) is 4.65. The molecule has 1 N–H and O–H groups in total. The van der Waals surface area contributed by atoms with Crippen molar-refractivity contribution in [3.63, 3.8) is 0 Å². The first kappa shape index (κ1) is 21.6. The topological polar surface area (TPSA) is 118 Å². The number of nitrogens with zero attached hydrogens (tertiary/aromatic N) is 5. The number of aryl methyl sites for hydroxylation is 1. The molecule has 0 spiro atoms. The van der Waals surface area contributed by atoms with Crippen LogP contribution in [0.2, 0.25) is 0 Å². The van der Waals surface area contributed by atoms with Crippen LogP contribution in [0, 0.1) is 0 Å². The van der Waals surface area contributed by atoms with Gasteiger partial charge < -0.3 is 23.9 Å². The van der Waals surface area contributed by atoms with Crippen LogP contribution in [-0.4, -0.2) is 37.6 Å². The Balaban J connectivity index is 1.50. The zero-order valence-electron chi connectivity index (χ0n) is 19.0. The van der Waals surface area contributed by atoms with Gasteiger partial charge in [-0.25, -0.2) is 4.79 Å². The third-order valence-corrected chi connectivity index (χ3v) is 5.89. The van der Waals surface area contributed by atoms with Crippen LogP contribution < -0.4 is 21.3 Å². The average molecular weight is 464 g/mol. The summed E-state index contributed by atoms with van der Waals surface area (Å²) < 4.78 is 15.0. The first-order valence-corrected chi connectivity index (χ1v) is 10.8. The second-order valence-corrected chi connectivity index (χ2v) is 8.03. The monoisotopic (exact) mass is 464 g/mol. The van der Waals surface area contributed by atoms with Crippen LogP contribution in [0.5, 0.6) is 5.75 Å². The Labute approximate surface area is 193 Å². The number of anilines is 1. The fourth-order valence-electron chi connectivity index (χ4n) is 4.11. The molecule has 0 unspecified atom stereocenters. The molecule has 0 saturated heterocycles. The van der Waals surface area contributed by atoms with Gasteiger partial charge in [0.05, 0.1) is 32.2 Å². The molecule has 1 aliphatic heterocycles. The number of hydrogen-bond donors (Lipinski definition) is 1. The summed E-state index contributed by atoms with van der Waals surface area (Å²) in [6.07, 6.45) is 1.76. The van der Waals surface area contributed by atoms with E-state index in [1.165, 1.54) is 11.6 Å². The Morgan fingerprint density at radius 2 is 1.97 bits per heavy atom. The second-order valence-electron chi connectivity index (χ2n) is 8.03. The highest BCUT2D eigenvalue weighted by molar-refractivity contribution is 6.03. The quantitative estimate of drug-likeness (QED) is 0.443. The Hall–Kier alpha value is -4.28. The third kappa shape index (κ3) is 3.64. The summed E-state index contributed by atoms with van der Waals surface area (Å²) in [5, 5.41) is 7.49. The number of nitrogens with one attached hydrogen (secondary N) is 1. The van der Waals surface area contributed by atoms with E-state index in [0.717, 1.165) is 15.8 Å². The molecule has 0 fully saturated rings. The van der Waals surface area contributed by atoms with Crippen LogP contribution in [-0.2, 0) is 32.0 Å². The smallest absolute Gasteiger partial charge is 0.332 e. The highest BCUT2D eigenvalue weighted by Crippen LogP contribution is 2.26. The summed E-state index contributed by atoms with van der Waals surface area (Å²) in [5.41, 5.74) is 1.34. The molecule has 0 amide bonds. The van der Waals surface area contributed by atoms with Gasteiger partial charge in [-0.3, -0.25) is 13.9 Å². The molecule has 5 rings (SSSR count).